The Morgan fingerprint density at radius 2 is 1.65 bits per heavy atom. The van der Waals surface area contributed by atoms with Gasteiger partial charge >= 0.3 is 0 Å². The van der Waals surface area contributed by atoms with E-state index in [9.17, 15) is 14.0 Å². The van der Waals surface area contributed by atoms with Crippen LogP contribution in [0, 0.1) is 12.7 Å². The van der Waals surface area contributed by atoms with Crippen LogP contribution < -0.4 is 0 Å². The first-order valence-electron chi connectivity index (χ1n) is 10.4. The summed E-state index contributed by atoms with van der Waals surface area (Å²) in [5.74, 6) is 0.195. The fourth-order valence-corrected chi connectivity index (χ4v) is 3.73. The van der Waals surface area contributed by atoms with Crippen molar-refractivity contribution in [3.05, 3.63) is 77.4 Å². The number of benzene rings is 2. The lowest BCUT2D eigenvalue weighted by molar-refractivity contribution is -0.130. The van der Waals surface area contributed by atoms with E-state index in [1.54, 1.807) is 28.9 Å². The Morgan fingerprint density at radius 1 is 0.968 bits per heavy atom. The Hall–Kier alpha value is -3.48. The second kappa shape index (κ2) is 9.12. The zero-order valence-electron chi connectivity index (χ0n) is 17.4. The molecule has 0 aliphatic carbocycles. The molecule has 0 bridgehead atoms. The van der Waals surface area contributed by atoms with Crippen LogP contribution in [0.4, 0.5) is 4.39 Å². The largest absolute Gasteiger partial charge is 0.441 e. The Balaban J connectivity index is 1.40. The zero-order valence-corrected chi connectivity index (χ0v) is 17.4. The first kappa shape index (κ1) is 20.8. The van der Waals surface area contributed by atoms with Crippen LogP contribution in [0.15, 0.2) is 59.0 Å². The molecule has 1 aliphatic rings. The number of nitrogens with zero attached hydrogens (tertiary/aromatic N) is 3. The molecule has 31 heavy (non-hydrogen) atoms. The summed E-state index contributed by atoms with van der Waals surface area (Å²) in [6, 6.07) is 15.5. The molecular formula is C24H24FN3O3. The molecular weight excluding hydrogens is 397 g/mol. The molecule has 1 aliphatic heterocycles. The summed E-state index contributed by atoms with van der Waals surface area (Å²) in [6.07, 6.45) is 0.780. The summed E-state index contributed by atoms with van der Waals surface area (Å²) in [4.78, 5) is 33.4. The summed E-state index contributed by atoms with van der Waals surface area (Å²) < 4.78 is 19.7. The van der Waals surface area contributed by atoms with Crippen molar-refractivity contribution >= 4 is 11.8 Å². The Bertz CT molecular complexity index is 1080. The van der Waals surface area contributed by atoms with Gasteiger partial charge in [-0.25, -0.2) is 9.37 Å². The topological polar surface area (TPSA) is 66.7 Å². The highest BCUT2D eigenvalue weighted by molar-refractivity contribution is 5.94. The number of hydrogen-bond acceptors (Lipinski definition) is 4. The van der Waals surface area contributed by atoms with E-state index in [2.05, 4.69) is 4.98 Å². The van der Waals surface area contributed by atoms with Crippen LogP contribution in [0.5, 0.6) is 0 Å². The monoisotopic (exact) mass is 421 g/mol. The second-order valence-electron chi connectivity index (χ2n) is 7.57. The molecule has 3 aromatic rings. The fraction of sp³-hybridized carbons (Fsp3) is 0.292. The van der Waals surface area contributed by atoms with Crippen LogP contribution in [0.3, 0.4) is 0 Å². The van der Waals surface area contributed by atoms with E-state index in [0.29, 0.717) is 49.9 Å². The fourth-order valence-electron chi connectivity index (χ4n) is 3.73. The molecule has 0 radical (unpaired) electrons. The number of carbonyl (C=O) groups excluding carboxylic acids is 2. The van der Waals surface area contributed by atoms with Crippen molar-refractivity contribution in [1.82, 2.24) is 14.8 Å². The molecule has 0 saturated carbocycles. The predicted molar refractivity (Wildman–Crippen MR) is 114 cm³/mol. The molecule has 160 valence electrons. The average Bonchev–Trinajstić information content (AvgIpc) is 2.99. The van der Waals surface area contributed by atoms with Gasteiger partial charge in [0.25, 0.3) is 5.91 Å². The number of carbonyl (C=O) groups is 2. The SMILES string of the molecule is Cc1oc(-c2ccccc2)nc1CC(=O)N1CCCN(C(=O)c2ccccc2F)CC1. The maximum Gasteiger partial charge on any atom is 0.256 e. The average molecular weight is 421 g/mol. The van der Waals surface area contributed by atoms with Gasteiger partial charge in [0, 0.05) is 31.7 Å². The summed E-state index contributed by atoms with van der Waals surface area (Å²) in [5.41, 5.74) is 1.54. The van der Waals surface area contributed by atoms with Gasteiger partial charge in [0.1, 0.15) is 11.6 Å². The lowest BCUT2D eigenvalue weighted by atomic mass is 10.2. The van der Waals surface area contributed by atoms with Crippen molar-refractivity contribution in [3.8, 4) is 11.5 Å². The van der Waals surface area contributed by atoms with Gasteiger partial charge in [-0.1, -0.05) is 30.3 Å². The van der Waals surface area contributed by atoms with E-state index in [4.69, 9.17) is 4.42 Å². The van der Waals surface area contributed by atoms with Gasteiger partial charge in [-0.3, -0.25) is 9.59 Å². The van der Waals surface area contributed by atoms with E-state index in [1.807, 2.05) is 30.3 Å². The molecule has 0 N–H and O–H groups in total. The highest BCUT2D eigenvalue weighted by Crippen LogP contribution is 2.22. The Labute approximate surface area is 180 Å². The summed E-state index contributed by atoms with van der Waals surface area (Å²) >= 11 is 0. The van der Waals surface area contributed by atoms with Crippen LogP contribution >= 0.6 is 0 Å². The normalized spacial score (nSPS) is 14.4. The summed E-state index contributed by atoms with van der Waals surface area (Å²) in [7, 11) is 0. The van der Waals surface area contributed by atoms with Crippen molar-refractivity contribution in [3.63, 3.8) is 0 Å². The molecule has 0 atom stereocenters. The first-order chi connectivity index (χ1) is 15.0. The molecule has 2 heterocycles. The van der Waals surface area contributed by atoms with Gasteiger partial charge < -0.3 is 14.2 Å². The highest BCUT2D eigenvalue weighted by Gasteiger charge is 2.25. The van der Waals surface area contributed by atoms with Crippen LogP contribution in [0.2, 0.25) is 0 Å². The number of amides is 2. The van der Waals surface area contributed by atoms with E-state index in [-0.39, 0.29) is 23.8 Å². The number of hydrogen-bond donors (Lipinski definition) is 0. The molecule has 1 aromatic heterocycles. The van der Waals surface area contributed by atoms with Crippen LogP contribution in [-0.4, -0.2) is 52.8 Å². The van der Waals surface area contributed by atoms with E-state index in [1.165, 1.54) is 12.1 Å². The van der Waals surface area contributed by atoms with Crippen molar-refractivity contribution in [2.45, 2.75) is 19.8 Å². The van der Waals surface area contributed by atoms with Crippen LogP contribution in [0.25, 0.3) is 11.5 Å². The molecule has 1 fully saturated rings. The third-order valence-corrected chi connectivity index (χ3v) is 5.47. The number of aryl methyl sites for hydroxylation is 1. The summed E-state index contributed by atoms with van der Waals surface area (Å²) in [6.45, 7) is 3.60. The summed E-state index contributed by atoms with van der Waals surface area (Å²) in [5, 5.41) is 0. The Kier molecular flexibility index (Phi) is 6.11. The molecule has 2 amide bonds. The van der Waals surface area contributed by atoms with Gasteiger partial charge in [0.15, 0.2) is 0 Å². The number of rotatable bonds is 4. The van der Waals surface area contributed by atoms with Gasteiger partial charge in [0.2, 0.25) is 11.8 Å². The molecule has 7 heteroatoms. The maximum atomic E-state index is 14.0. The second-order valence-corrected chi connectivity index (χ2v) is 7.57. The molecule has 1 saturated heterocycles. The minimum absolute atomic E-state index is 0.0591. The van der Waals surface area contributed by atoms with Gasteiger partial charge in [-0.05, 0) is 37.6 Å². The van der Waals surface area contributed by atoms with E-state index < -0.39 is 5.82 Å². The van der Waals surface area contributed by atoms with Crippen molar-refractivity contribution in [2.24, 2.45) is 0 Å². The smallest absolute Gasteiger partial charge is 0.256 e. The van der Waals surface area contributed by atoms with Gasteiger partial charge in [-0.2, -0.15) is 0 Å². The number of aromatic nitrogens is 1. The van der Waals surface area contributed by atoms with Crippen molar-refractivity contribution in [1.29, 1.82) is 0 Å². The standard InChI is InChI=1S/C24H24FN3O3/c1-17-21(26-23(31-17)18-8-3-2-4-9-18)16-22(29)27-12-7-13-28(15-14-27)24(30)19-10-5-6-11-20(19)25/h2-6,8-11H,7,12-16H2,1H3. The predicted octanol–water partition coefficient (Wildman–Crippen LogP) is 3.71. The highest BCUT2D eigenvalue weighted by atomic mass is 19.1. The zero-order chi connectivity index (χ0) is 21.8. The minimum Gasteiger partial charge on any atom is -0.441 e. The molecule has 2 aromatic carbocycles. The van der Waals surface area contributed by atoms with Crippen molar-refractivity contribution < 1.29 is 18.4 Å². The van der Waals surface area contributed by atoms with Crippen LogP contribution in [0.1, 0.15) is 28.2 Å². The number of halogens is 1. The third-order valence-electron chi connectivity index (χ3n) is 5.47. The van der Waals surface area contributed by atoms with E-state index >= 15 is 0 Å². The van der Waals surface area contributed by atoms with Crippen molar-refractivity contribution in [2.75, 3.05) is 26.2 Å². The molecule has 4 rings (SSSR count). The van der Waals surface area contributed by atoms with Crippen LogP contribution in [-0.2, 0) is 11.2 Å². The van der Waals surface area contributed by atoms with E-state index in [0.717, 1.165) is 5.56 Å². The lowest BCUT2D eigenvalue weighted by Crippen LogP contribution is -2.38. The third kappa shape index (κ3) is 4.66. The Morgan fingerprint density at radius 3 is 2.42 bits per heavy atom. The molecule has 6 nitrogen and oxygen atoms in total. The quantitative estimate of drug-likeness (QED) is 0.644. The molecule has 0 spiro atoms. The first-order valence-corrected chi connectivity index (χ1v) is 10.4. The minimum atomic E-state index is -0.527. The van der Waals surface area contributed by atoms with Gasteiger partial charge in [0.05, 0.1) is 17.7 Å². The molecule has 0 unspecified atom stereocenters. The number of oxazole rings is 1. The lowest BCUT2D eigenvalue weighted by Gasteiger charge is -2.22. The van der Waals surface area contributed by atoms with Gasteiger partial charge in [-0.15, -0.1) is 0 Å². The maximum absolute atomic E-state index is 14.0.